The number of nitrogens with zero attached hydrogens (tertiary/aromatic N) is 2. The maximum absolute atomic E-state index is 12.4. The molecule has 0 saturated carbocycles. The number of nitrogen functional groups attached to an aromatic ring is 1. The highest BCUT2D eigenvalue weighted by molar-refractivity contribution is 5.95. The lowest BCUT2D eigenvalue weighted by atomic mass is 9.96. The summed E-state index contributed by atoms with van der Waals surface area (Å²) in [6.45, 7) is 1.10. The molecule has 2 aromatic carbocycles. The third-order valence-electron chi connectivity index (χ3n) is 5.02. The first-order valence-electron chi connectivity index (χ1n) is 9.36. The third-order valence-corrected chi connectivity index (χ3v) is 5.02. The van der Waals surface area contributed by atoms with Gasteiger partial charge in [-0.3, -0.25) is 10.2 Å². The number of nitrogens with one attached hydrogen (secondary N) is 2. The molecule has 2 heterocycles. The number of aromatic nitrogens is 2. The molecule has 0 aliphatic carbocycles. The van der Waals surface area contributed by atoms with Crippen LogP contribution in [-0.2, 0) is 0 Å². The first-order chi connectivity index (χ1) is 14.1. The van der Waals surface area contributed by atoms with Gasteiger partial charge in [0.05, 0.1) is 6.61 Å². The summed E-state index contributed by atoms with van der Waals surface area (Å²) in [6.07, 6.45) is 5.71. The van der Waals surface area contributed by atoms with Gasteiger partial charge in [0.15, 0.2) is 0 Å². The molecule has 7 nitrogen and oxygen atoms in total. The summed E-state index contributed by atoms with van der Waals surface area (Å²) in [5.41, 5.74) is 9.79. The monoisotopic (exact) mass is 387 g/mol. The van der Waals surface area contributed by atoms with Crippen molar-refractivity contribution in [3.8, 4) is 16.9 Å². The lowest BCUT2D eigenvalue weighted by Crippen LogP contribution is -2.25. The van der Waals surface area contributed by atoms with E-state index in [1.807, 2.05) is 24.3 Å². The van der Waals surface area contributed by atoms with Crippen LogP contribution in [0.25, 0.3) is 11.1 Å². The summed E-state index contributed by atoms with van der Waals surface area (Å²) >= 11 is 0. The van der Waals surface area contributed by atoms with Crippen LogP contribution in [0.5, 0.6) is 5.75 Å². The normalized spacial score (nSPS) is 14.7. The summed E-state index contributed by atoms with van der Waals surface area (Å²) in [6, 6.07) is 12.9. The maximum Gasteiger partial charge on any atom is 0.251 e. The molecule has 0 fully saturated rings. The Bertz CT molecular complexity index is 1030. The molecule has 3 aromatic rings. The molecule has 0 radical (unpaired) electrons. The van der Waals surface area contributed by atoms with Gasteiger partial charge in [-0.2, -0.15) is 0 Å². The second-order valence-corrected chi connectivity index (χ2v) is 6.92. The number of benzene rings is 2. The Morgan fingerprint density at radius 3 is 2.55 bits per heavy atom. The maximum atomic E-state index is 12.4. The van der Waals surface area contributed by atoms with Gasteiger partial charge < -0.3 is 15.8 Å². The first kappa shape index (κ1) is 18.6. The Kier molecular flexibility index (Phi) is 5.20. The number of rotatable bonds is 6. The SMILES string of the molecule is N=C(N)c1ccc2c(c1)C(CCNC(=O)c1ccc(-c3cncnc3)cc1)CO2. The van der Waals surface area contributed by atoms with Gasteiger partial charge in [-0.15, -0.1) is 0 Å². The average molecular weight is 387 g/mol. The number of nitrogens with two attached hydrogens (primary N) is 1. The van der Waals surface area contributed by atoms with Crippen molar-refractivity contribution in [2.45, 2.75) is 12.3 Å². The van der Waals surface area contributed by atoms with E-state index < -0.39 is 0 Å². The van der Waals surface area contributed by atoms with Gasteiger partial charge in [0, 0.05) is 47.1 Å². The van der Waals surface area contributed by atoms with Crippen molar-refractivity contribution in [1.82, 2.24) is 15.3 Å². The van der Waals surface area contributed by atoms with Gasteiger partial charge >= 0.3 is 0 Å². The van der Waals surface area contributed by atoms with Crippen LogP contribution < -0.4 is 15.8 Å². The highest BCUT2D eigenvalue weighted by atomic mass is 16.5. The second kappa shape index (κ2) is 8.10. The molecule has 4 rings (SSSR count). The Morgan fingerprint density at radius 2 is 1.83 bits per heavy atom. The number of carbonyl (C=O) groups is 1. The number of amides is 1. The second-order valence-electron chi connectivity index (χ2n) is 6.92. The molecule has 0 bridgehead atoms. The van der Waals surface area contributed by atoms with E-state index in [2.05, 4.69) is 15.3 Å². The summed E-state index contributed by atoms with van der Waals surface area (Å²) in [4.78, 5) is 20.5. The van der Waals surface area contributed by atoms with Crippen LogP contribution in [0.3, 0.4) is 0 Å². The number of hydrogen-bond donors (Lipinski definition) is 3. The van der Waals surface area contributed by atoms with E-state index in [4.69, 9.17) is 15.9 Å². The fraction of sp³-hybridized carbons (Fsp3) is 0.182. The Hall–Kier alpha value is -3.74. The Morgan fingerprint density at radius 1 is 1.10 bits per heavy atom. The molecule has 1 aliphatic rings. The van der Waals surface area contributed by atoms with Crippen LogP contribution in [-0.4, -0.2) is 34.9 Å². The van der Waals surface area contributed by atoms with E-state index in [1.165, 1.54) is 6.33 Å². The molecule has 1 unspecified atom stereocenters. The summed E-state index contributed by atoms with van der Waals surface area (Å²) in [5.74, 6) is 0.923. The number of fused-ring (bicyclic) bond motifs is 1. The molecular weight excluding hydrogens is 366 g/mol. The number of hydrogen-bond acceptors (Lipinski definition) is 5. The van der Waals surface area contributed by atoms with E-state index in [1.54, 1.807) is 30.6 Å². The van der Waals surface area contributed by atoms with Gasteiger partial charge in [-0.1, -0.05) is 12.1 Å². The van der Waals surface area contributed by atoms with Gasteiger partial charge in [0.2, 0.25) is 0 Å². The molecule has 1 aliphatic heterocycles. The molecule has 0 saturated heterocycles. The fourth-order valence-corrected chi connectivity index (χ4v) is 3.41. The van der Waals surface area contributed by atoms with E-state index in [9.17, 15) is 4.79 Å². The zero-order valence-corrected chi connectivity index (χ0v) is 15.8. The molecule has 7 heteroatoms. The zero-order chi connectivity index (χ0) is 20.2. The minimum absolute atomic E-state index is 0.0391. The highest BCUT2D eigenvalue weighted by Crippen LogP contribution is 2.36. The lowest BCUT2D eigenvalue weighted by Gasteiger charge is -2.11. The highest BCUT2D eigenvalue weighted by Gasteiger charge is 2.24. The fourth-order valence-electron chi connectivity index (χ4n) is 3.41. The van der Waals surface area contributed by atoms with Crippen molar-refractivity contribution in [2.24, 2.45) is 5.73 Å². The van der Waals surface area contributed by atoms with Crippen molar-refractivity contribution >= 4 is 11.7 Å². The molecule has 146 valence electrons. The Balaban J connectivity index is 1.34. The van der Waals surface area contributed by atoms with Crippen molar-refractivity contribution < 1.29 is 9.53 Å². The molecule has 1 aromatic heterocycles. The van der Waals surface area contributed by atoms with E-state index >= 15 is 0 Å². The molecular formula is C22H21N5O2. The van der Waals surface area contributed by atoms with E-state index in [0.717, 1.165) is 28.9 Å². The van der Waals surface area contributed by atoms with Crippen molar-refractivity contribution in [2.75, 3.05) is 13.2 Å². The summed E-state index contributed by atoms with van der Waals surface area (Å²) in [5, 5.41) is 10.6. The summed E-state index contributed by atoms with van der Waals surface area (Å²) < 4.78 is 5.71. The van der Waals surface area contributed by atoms with Gasteiger partial charge in [0.25, 0.3) is 5.91 Å². The molecule has 1 atom stereocenters. The predicted molar refractivity (Wildman–Crippen MR) is 110 cm³/mol. The molecule has 4 N–H and O–H groups in total. The topological polar surface area (TPSA) is 114 Å². The van der Waals surface area contributed by atoms with Crippen LogP contribution >= 0.6 is 0 Å². The molecule has 29 heavy (non-hydrogen) atoms. The van der Waals surface area contributed by atoms with Crippen molar-refractivity contribution in [3.63, 3.8) is 0 Å². The van der Waals surface area contributed by atoms with E-state index in [-0.39, 0.29) is 17.7 Å². The predicted octanol–water partition coefficient (Wildman–Crippen LogP) is 2.72. The van der Waals surface area contributed by atoms with Gasteiger partial charge in [-0.25, -0.2) is 9.97 Å². The minimum atomic E-state index is -0.113. The average Bonchev–Trinajstić information content (AvgIpc) is 3.16. The third kappa shape index (κ3) is 4.08. The van der Waals surface area contributed by atoms with Crippen LogP contribution in [0.1, 0.15) is 33.8 Å². The summed E-state index contributed by atoms with van der Waals surface area (Å²) in [7, 11) is 0. The number of carbonyl (C=O) groups excluding carboxylic acids is 1. The lowest BCUT2D eigenvalue weighted by molar-refractivity contribution is 0.0952. The number of ether oxygens (including phenoxy) is 1. The minimum Gasteiger partial charge on any atom is -0.493 e. The van der Waals surface area contributed by atoms with Crippen LogP contribution in [0, 0.1) is 5.41 Å². The van der Waals surface area contributed by atoms with Crippen LogP contribution in [0.2, 0.25) is 0 Å². The largest absolute Gasteiger partial charge is 0.493 e. The first-order valence-corrected chi connectivity index (χ1v) is 9.36. The number of amidine groups is 1. The molecule has 0 spiro atoms. The van der Waals surface area contributed by atoms with Crippen LogP contribution in [0.15, 0.2) is 61.2 Å². The standard InChI is InChI=1S/C22H21N5O2/c23-21(24)16-5-6-20-19(9-16)17(12-29-20)7-8-27-22(28)15-3-1-14(2-4-15)18-10-25-13-26-11-18/h1-6,9-11,13,17H,7-8,12H2,(H3,23,24)(H,27,28). The smallest absolute Gasteiger partial charge is 0.251 e. The van der Waals surface area contributed by atoms with Gasteiger partial charge in [-0.05, 0) is 42.3 Å². The van der Waals surface area contributed by atoms with Crippen LogP contribution in [0.4, 0.5) is 0 Å². The Labute approximate surface area is 168 Å². The van der Waals surface area contributed by atoms with Crippen molar-refractivity contribution in [3.05, 3.63) is 77.9 Å². The van der Waals surface area contributed by atoms with Gasteiger partial charge in [0.1, 0.15) is 17.9 Å². The molecule has 1 amide bonds. The zero-order valence-electron chi connectivity index (χ0n) is 15.8. The van der Waals surface area contributed by atoms with E-state index in [0.29, 0.717) is 24.3 Å². The van der Waals surface area contributed by atoms with Crippen molar-refractivity contribution in [1.29, 1.82) is 5.41 Å². The quantitative estimate of drug-likeness (QED) is 0.444.